The predicted molar refractivity (Wildman–Crippen MR) is 9.13 cm³/mol. The van der Waals surface area contributed by atoms with Crippen LogP contribution in [0.4, 0.5) is 9.18 Å². The fraction of sp³-hybridized carbons (Fsp3) is 0. The van der Waals surface area contributed by atoms with E-state index in [4.69, 9.17) is 9.90 Å². The standard InChI is InChI=1S/CHFO2.Gd/c2-1(3)4;/h(H,3,4);. The quantitative estimate of drug-likeness (QED) is 0.609. The van der Waals surface area contributed by atoms with E-state index < -0.39 is 6.22 Å². The van der Waals surface area contributed by atoms with E-state index in [2.05, 4.69) is 0 Å². The first-order chi connectivity index (χ1) is 1.73. The van der Waals surface area contributed by atoms with Gasteiger partial charge in [0.1, 0.15) is 0 Å². The summed E-state index contributed by atoms with van der Waals surface area (Å²) in [4.78, 5) is 8.33. The van der Waals surface area contributed by atoms with E-state index in [-0.39, 0.29) is 39.9 Å². The SMILES string of the molecule is O=C(O)F.[Gd]. The maximum absolute atomic E-state index is 9.92. The predicted octanol–water partition coefficient (Wildman–Crippen LogP) is 0.634. The zero-order chi connectivity index (χ0) is 3.58. The number of carbonyl (C=O) groups is 1. The van der Waals surface area contributed by atoms with Crippen LogP contribution in [0.1, 0.15) is 0 Å². The van der Waals surface area contributed by atoms with Crippen LogP contribution in [-0.4, -0.2) is 11.3 Å². The third-order valence-electron chi connectivity index (χ3n) is 0. The summed E-state index contributed by atoms with van der Waals surface area (Å²) in [5, 5.41) is 6.75. The Morgan fingerprint density at radius 2 is 1.80 bits per heavy atom. The molecule has 0 aromatic heterocycles. The molecule has 0 unspecified atom stereocenters. The van der Waals surface area contributed by atoms with Crippen molar-refractivity contribution in [3.63, 3.8) is 0 Å². The van der Waals surface area contributed by atoms with Gasteiger partial charge in [0.05, 0.1) is 0 Å². The minimum atomic E-state index is -2.33. The van der Waals surface area contributed by atoms with Crippen LogP contribution >= 0.6 is 0 Å². The normalized spacial score (nSPS) is 5.00. The molecule has 5 heavy (non-hydrogen) atoms. The van der Waals surface area contributed by atoms with Crippen molar-refractivity contribution in [1.29, 1.82) is 0 Å². The molecule has 0 amide bonds. The Balaban J connectivity index is 0. The first kappa shape index (κ1) is 9.21. The van der Waals surface area contributed by atoms with Crippen molar-refractivity contribution in [1.82, 2.24) is 0 Å². The van der Waals surface area contributed by atoms with Gasteiger partial charge in [-0.25, -0.2) is 4.79 Å². The Morgan fingerprint density at radius 1 is 1.80 bits per heavy atom. The molecule has 4 heteroatoms. The average molecular weight is 221 g/mol. The summed E-state index contributed by atoms with van der Waals surface area (Å²) in [6.07, 6.45) is -2.33. The second-order valence-electron chi connectivity index (χ2n) is 0.253. The molecule has 0 aliphatic heterocycles. The molecule has 2 nitrogen and oxygen atoms in total. The van der Waals surface area contributed by atoms with Crippen molar-refractivity contribution in [2.24, 2.45) is 0 Å². The Labute approximate surface area is 60.0 Å². The minimum absolute atomic E-state index is 0. The van der Waals surface area contributed by atoms with Gasteiger partial charge in [0.15, 0.2) is 0 Å². The second-order valence-corrected chi connectivity index (χ2v) is 0.253. The van der Waals surface area contributed by atoms with Crippen LogP contribution in [0.2, 0.25) is 0 Å². The number of carboxylic acid groups (broad SMARTS) is 1. The van der Waals surface area contributed by atoms with Gasteiger partial charge < -0.3 is 5.11 Å². The number of hydrogen-bond donors (Lipinski definition) is 1. The van der Waals surface area contributed by atoms with Gasteiger partial charge in [-0.05, 0) is 0 Å². The van der Waals surface area contributed by atoms with Gasteiger partial charge in [-0.2, -0.15) is 0 Å². The van der Waals surface area contributed by atoms with Gasteiger partial charge in [0.25, 0.3) is 0 Å². The van der Waals surface area contributed by atoms with Crippen molar-refractivity contribution in [2.45, 2.75) is 0 Å². The summed E-state index contributed by atoms with van der Waals surface area (Å²) < 4.78 is 9.92. The van der Waals surface area contributed by atoms with E-state index in [0.717, 1.165) is 0 Å². The van der Waals surface area contributed by atoms with Crippen LogP contribution < -0.4 is 0 Å². The molecule has 1 N–H and O–H groups in total. The van der Waals surface area contributed by atoms with E-state index in [0.29, 0.717) is 0 Å². The van der Waals surface area contributed by atoms with Crippen LogP contribution in [0.15, 0.2) is 0 Å². The van der Waals surface area contributed by atoms with Crippen molar-refractivity contribution >= 4 is 6.22 Å². The van der Waals surface area contributed by atoms with E-state index in [9.17, 15) is 4.39 Å². The molecular weight excluding hydrogens is 220 g/mol. The summed E-state index contributed by atoms with van der Waals surface area (Å²) in [5.74, 6) is 0. The van der Waals surface area contributed by atoms with Gasteiger partial charge in [-0.1, -0.05) is 0 Å². The van der Waals surface area contributed by atoms with Gasteiger partial charge in [0.2, 0.25) is 0 Å². The Bertz CT molecular complexity index is 32.6. The Hall–Kier alpha value is 0.725. The van der Waals surface area contributed by atoms with Crippen molar-refractivity contribution < 1.29 is 54.2 Å². The molecule has 0 heterocycles. The zero-order valence-electron chi connectivity index (χ0n) is 2.09. The number of rotatable bonds is 0. The van der Waals surface area contributed by atoms with E-state index in [1.807, 2.05) is 0 Å². The topological polar surface area (TPSA) is 37.3 Å². The Kier molecular flexibility index (Phi) is 8.70. The smallest absolute Gasteiger partial charge is 0.456 e. The zero-order valence-corrected chi connectivity index (χ0v) is 4.36. The minimum Gasteiger partial charge on any atom is -0.456 e. The molecule has 0 aliphatic rings. The third kappa shape index (κ3) is 66.8. The number of halogens is 1. The van der Waals surface area contributed by atoms with Crippen molar-refractivity contribution in [2.75, 3.05) is 0 Å². The molecule has 0 atom stereocenters. The van der Waals surface area contributed by atoms with Crippen LogP contribution in [0.5, 0.6) is 0 Å². The summed E-state index contributed by atoms with van der Waals surface area (Å²) in [6.45, 7) is 0. The third-order valence-corrected chi connectivity index (χ3v) is 0. The molecule has 32 valence electrons. The van der Waals surface area contributed by atoms with Gasteiger partial charge in [-0.3, -0.25) is 0 Å². The summed E-state index contributed by atoms with van der Waals surface area (Å²) >= 11 is 0. The monoisotopic (exact) mass is 222 g/mol. The number of hydrogen-bond acceptors (Lipinski definition) is 1. The van der Waals surface area contributed by atoms with Gasteiger partial charge in [0, 0.05) is 39.9 Å². The summed E-state index contributed by atoms with van der Waals surface area (Å²) in [6, 6.07) is 0. The molecule has 0 aromatic carbocycles. The molecule has 0 saturated carbocycles. The molecule has 0 bridgehead atoms. The molecule has 0 spiro atoms. The van der Waals surface area contributed by atoms with Crippen LogP contribution in [0, 0.1) is 39.9 Å². The second kappa shape index (κ2) is 4.72. The fourth-order valence-electron chi connectivity index (χ4n) is 0. The fourth-order valence-corrected chi connectivity index (χ4v) is 0. The van der Waals surface area contributed by atoms with Crippen molar-refractivity contribution in [3.05, 3.63) is 0 Å². The van der Waals surface area contributed by atoms with Crippen LogP contribution in [0.25, 0.3) is 0 Å². The molecule has 0 radical (unpaired) electrons. The molecule has 0 aliphatic carbocycles. The first-order valence-corrected chi connectivity index (χ1v) is 0.617. The largest absolute Gasteiger partial charge is 0.492 e. The summed E-state index contributed by atoms with van der Waals surface area (Å²) in [7, 11) is 0. The maximum atomic E-state index is 9.92. The molecule has 0 saturated heterocycles. The Morgan fingerprint density at radius 3 is 1.80 bits per heavy atom. The first-order valence-electron chi connectivity index (χ1n) is 0.617. The van der Waals surface area contributed by atoms with E-state index >= 15 is 0 Å². The molecule has 0 fully saturated rings. The molecule has 0 aromatic rings. The van der Waals surface area contributed by atoms with Crippen LogP contribution in [-0.2, 0) is 0 Å². The maximum Gasteiger partial charge on any atom is 0.492 e. The van der Waals surface area contributed by atoms with Gasteiger partial charge >= 0.3 is 6.22 Å². The average Bonchev–Trinajstić information content (AvgIpc) is 0.811. The van der Waals surface area contributed by atoms with E-state index in [1.54, 1.807) is 0 Å². The van der Waals surface area contributed by atoms with E-state index in [1.165, 1.54) is 0 Å². The molecular formula is CHFGdO2. The summed E-state index contributed by atoms with van der Waals surface area (Å²) in [5.41, 5.74) is 0. The van der Waals surface area contributed by atoms with Crippen LogP contribution in [0.3, 0.4) is 0 Å². The molecule has 0 rings (SSSR count). The van der Waals surface area contributed by atoms with Gasteiger partial charge in [-0.15, -0.1) is 4.39 Å². The van der Waals surface area contributed by atoms with Crippen molar-refractivity contribution in [3.8, 4) is 0 Å².